The molecule has 1 aromatic carbocycles. The number of thioether (sulfide) groups is 1. The van der Waals surface area contributed by atoms with E-state index in [9.17, 15) is 13.2 Å². The van der Waals surface area contributed by atoms with E-state index in [-0.39, 0.29) is 6.54 Å². The zero-order chi connectivity index (χ0) is 18.4. The number of nitrogens with one attached hydrogen (secondary N) is 1. The number of hydrogen-bond donors (Lipinski definition) is 1. The third kappa shape index (κ3) is 5.83. The number of carbonyl (C=O) groups excluding carboxylic acids is 1. The number of benzene rings is 1. The summed E-state index contributed by atoms with van der Waals surface area (Å²) in [4.78, 5) is 12.2. The summed E-state index contributed by atoms with van der Waals surface area (Å²) < 4.78 is 25.8. The Bertz CT molecular complexity index is 847. The van der Waals surface area contributed by atoms with Crippen LogP contribution in [-0.2, 0) is 14.8 Å². The number of amides is 1. The molecule has 0 spiro atoms. The highest BCUT2D eigenvalue weighted by molar-refractivity contribution is 8.01. The maximum Gasteiger partial charge on any atom is 0.246 e. The lowest BCUT2D eigenvalue weighted by Gasteiger charge is -2.21. The van der Waals surface area contributed by atoms with Crippen LogP contribution < -0.4 is 9.62 Å². The molecule has 0 unspecified atom stereocenters. The lowest BCUT2D eigenvalue weighted by Crippen LogP contribution is -2.37. The predicted octanol–water partition coefficient (Wildman–Crippen LogP) is 2.53. The molecule has 2 aromatic rings. The van der Waals surface area contributed by atoms with Gasteiger partial charge in [-0.25, -0.2) is 8.42 Å². The van der Waals surface area contributed by atoms with Gasteiger partial charge in [0.05, 0.1) is 11.9 Å². The summed E-state index contributed by atoms with van der Waals surface area (Å²) in [7, 11) is -3.60. The van der Waals surface area contributed by atoms with E-state index in [1.54, 1.807) is 30.3 Å². The third-order valence-corrected chi connectivity index (χ3v) is 6.10. The van der Waals surface area contributed by atoms with E-state index in [2.05, 4.69) is 22.1 Å². The minimum atomic E-state index is -3.60. The first kappa shape index (κ1) is 19.4. The van der Waals surface area contributed by atoms with Crippen molar-refractivity contribution < 1.29 is 13.2 Å². The highest BCUT2D eigenvalue weighted by atomic mass is 32.2. The molecule has 7 nitrogen and oxygen atoms in total. The van der Waals surface area contributed by atoms with Crippen molar-refractivity contribution in [2.24, 2.45) is 0 Å². The minimum absolute atomic E-state index is 0.328. The maximum absolute atomic E-state index is 12.2. The van der Waals surface area contributed by atoms with Crippen LogP contribution in [0.25, 0.3) is 0 Å². The zero-order valence-electron chi connectivity index (χ0n) is 13.8. The second-order valence-corrected chi connectivity index (χ2v) is 9.28. The minimum Gasteiger partial charge on any atom is -0.299 e. The summed E-state index contributed by atoms with van der Waals surface area (Å²) >= 11 is 2.68. The van der Waals surface area contributed by atoms with E-state index in [0.29, 0.717) is 20.9 Å². The highest BCUT2D eigenvalue weighted by Gasteiger charge is 2.21. The Morgan fingerprint density at radius 1 is 1.36 bits per heavy atom. The molecule has 134 valence electrons. The predicted molar refractivity (Wildman–Crippen MR) is 103 cm³/mol. The number of aromatic nitrogens is 2. The lowest BCUT2D eigenvalue weighted by atomic mass is 10.2. The Kier molecular flexibility index (Phi) is 6.57. The standard InChI is InChI=1S/C15H18N4O3S3/c1-4-9-23-15-18-17-14(24-15)16-13(20)10-19(25(3,21)22)12-7-5-11(2)6-8-12/h4-8H,1,9-10H2,2-3H3,(H,16,17,20). The molecule has 0 aliphatic rings. The normalized spacial score (nSPS) is 11.1. The van der Waals surface area contributed by atoms with Crippen molar-refractivity contribution in [2.45, 2.75) is 11.3 Å². The number of carbonyl (C=O) groups is 1. The number of hydrogen-bond acceptors (Lipinski definition) is 7. The van der Waals surface area contributed by atoms with Crippen LogP contribution in [-0.4, -0.2) is 43.1 Å². The molecule has 2 rings (SSSR count). The van der Waals surface area contributed by atoms with Gasteiger partial charge in [0.1, 0.15) is 6.54 Å². The molecule has 1 N–H and O–H groups in total. The average molecular weight is 399 g/mol. The number of sulfonamides is 1. The molecule has 0 radical (unpaired) electrons. The van der Waals surface area contributed by atoms with Gasteiger partial charge in [0.15, 0.2) is 4.34 Å². The molecule has 0 saturated carbocycles. The molecule has 1 amide bonds. The fourth-order valence-corrected chi connectivity index (χ4v) is 4.23. The lowest BCUT2D eigenvalue weighted by molar-refractivity contribution is -0.114. The summed E-state index contributed by atoms with van der Waals surface area (Å²) in [5.74, 6) is 0.208. The summed E-state index contributed by atoms with van der Waals surface area (Å²) in [5, 5.41) is 10.7. The van der Waals surface area contributed by atoms with Gasteiger partial charge in [-0.2, -0.15) is 0 Å². The van der Waals surface area contributed by atoms with Crippen molar-refractivity contribution in [3.63, 3.8) is 0 Å². The van der Waals surface area contributed by atoms with Crippen molar-refractivity contribution in [1.29, 1.82) is 0 Å². The maximum atomic E-state index is 12.2. The Morgan fingerprint density at radius 3 is 2.64 bits per heavy atom. The molecule has 0 saturated heterocycles. The molecule has 0 aliphatic heterocycles. The Morgan fingerprint density at radius 2 is 2.04 bits per heavy atom. The van der Waals surface area contributed by atoms with Gasteiger partial charge in [-0.3, -0.25) is 14.4 Å². The molecule has 0 atom stereocenters. The first-order chi connectivity index (χ1) is 11.8. The number of anilines is 2. The van der Waals surface area contributed by atoms with Crippen LogP contribution in [0.5, 0.6) is 0 Å². The van der Waals surface area contributed by atoms with Crippen LogP contribution in [0.2, 0.25) is 0 Å². The highest BCUT2D eigenvalue weighted by Crippen LogP contribution is 2.25. The second-order valence-electron chi connectivity index (χ2n) is 5.13. The monoisotopic (exact) mass is 398 g/mol. The van der Waals surface area contributed by atoms with Gasteiger partial charge >= 0.3 is 0 Å². The van der Waals surface area contributed by atoms with Crippen molar-refractivity contribution in [3.05, 3.63) is 42.5 Å². The average Bonchev–Trinajstić information content (AvgIpc) is 2.98. The van der Waals surface area contributed by atoms with Crippen molar-refractivity contribution in [3.8, 4) is 0 Å². The van der Waals surface area contributed by atoms with Crippen LogP contribution in [0.1, 0.15) is 5.56 Å². The Hall–Kier alpha value is -1.91. The summed E-state index contributed by atoms with van der Waals surface area (Å²) in [6.45, 7) is 5.19. The van der Waals surface area contributed by atoms with Gasteiger partial charge in [-0.05, 0) is 19.1 Å². The molecule has 0 aliphatic carbocycles. The molecule has 1 aromatic heterocycles. The molecule has 1 heterocycles. The van der Waals surface area contributed by atoms with Crippen LogP contribution in [0.3, 0.4) is 0 Å². The van der Waals surface area contributed by atoms with Gasteiger partial charge < -0.3 is 0 Å². The molecule has 0 fully saturated rings. The van der Waals surface area contributed by atoms with Crippen molar-refractivity contribution in [1.82, 2.24) is 10.2 Å². The Balaban J connectivity index is 2.08. The molecule has 0 bridgehead atoms. The third-order valence-electron chi connectivity index (χ3n) is 2.99. The van der Waals surface area contributed by atoms with E-state index in [1.807, 2.05) is 6.92 Å². The first-order valence-electron chi connectivity index (χ1n) is 7.21. The summed E-state index contributed by atoms with van der Waals surface area (Å²) in [5.41, 5.74) is 1.43. The number of aryl methyl sites for hydroxylation is 1. The van der Waals surface area contributed by atoms with Gasteiger partial charge in [0.25, 0.3) is 0 Å². The van der Waals surface area contributed by atoms with E-state index in [4.69, 9.17) is 0 Å². The van der Waals surface area contributed by atoms with Crippen molar-refractivity contribution in [2.75, 3.05) is 28.2 Å². The van der Waals surface area contributed by atoms with E-state index >= 15 is 0 Å². The van der Waals surface area contributed by atoms with Gasteiger partial charge in [-0.1, -0.05) is 46.9 Å². The summed E-state index contributed by atoms with van der Waals surface area (Å²) in [6.07, 6.45) is 2.81. The Labute approximate surface area is 155 Å². The number of nitrogens with zero attached hydrogens (tertiary/aromatic N) is 3. The smallest absolute Gasteiger partial charge is 0.246 e. The van der Waals surface area contributed by atoms with Gasteiger partial charge in [-0.15, -0.1) is 16.8 Å². The summed E-state index contributed by atoms with van der Waals surface area (Å²) in [6, 6.07) is 6.91. The van der Waals surface area contributed by atoms with Gasteiger partial charge in [0, 0.05) is 5.75 Å². The van der Waals surface area contributed by atoms with E-state index < -0.39 is 15.9 Å². The quantitative estimate of drug-likeness (QED) is 0.417. The topological polar surface area (TPSA) is 92.3 Å². The number of rotatable bonds is 8. The zero-order valence-corrected chi connectivity index (χ0v) is 16.2. The molecular weight excluding hydrogens is 380 g/mol. The van der Waals surface area contributed by atoms with Crippen LogP contribution in [0, 0.1) is 6.92 Å². The van der Waals surface area contributed by atoms with Crippen LogP contribution in [0.15, 0.2) is 41.3 Å². The fraction of sp³-hybridized carbons (Fsp3) is 0.267. The van der Waals surface area contributed by atoms with E-state index in [1.165, 1.54) is 23.1 Å². The molecular formula is C15H18N4O3S3. The second kappa shape index (κ2) is 8.45. The molecule has 25 heavy (non-hydrogen) atoms. The molecule has 10 heteroatoms. The van der Waals surface area contributed by atoms with E-state index in [0.717, 1.165) is 16.1 Å². The van der Waals surface area contributed by atoms with Crippen LogP contribution in [0.4, 0.5) is 10.8 Å². The SMILES string of the molecule is C=CCSc1nnc(NC(=O)CN(c2ccc(C)cc2)S(C)(=O)=O)s1. The van der Waals surface area contributed by atoms with Gasteiger partial charge in [0.2, 0.25) is 21.1 Å². The first-order valence-corrected chi connectivity index (χ1v) is 10.9. The van der Waals surface area contributed by atoms with Crippen LogP contribution >= 0.6 is 23.1 Å². The fourth-order valence-electron chi connectivity index (χ4n) is 1.85. The van der Waals surface area contributed by atoms with Crippen molar-refractivity contribution >= 4 is 49.8 Å². The largest absolute Gasteiger partial charge is 0.299 e.